The molecule has 0 radical (unpaired) electrons. The quantitative estimate of drug-likeness (QED) is 0.845. The van der Waals surface area contributed by atoms with Crippen LogP contribution in [-0.2, 0) is 0 Å². The summed E-state index contributed by atoms with van der Waals surface area (Å²) < 4.78 is 12.9. The molecule has 1 aromatic rings. The van der Waals surface area contributed by atoms with Crippen molar-refractivity contribution in [2.24, 2.45) is 11.3 Å². The van der Waals surface area contributed by atoms with Crippen molar-refractivity contribution in [2.75, 3.05) is 6.54 Å². The summed E-state index contributed by atoms with van der Waals surface area (Å²) in [6.45, 7) is 4.90. The van der Waals surface area contributed by atoms with Crippen molar-refractivity contribution in [2.45, 2.75) is 20.3 Å². The molecule has 3 nitrogen and oxygen atoms in total. The average Bonchev–Trinajstić information content (AvgIpc) is 2.87. The van der Waals surface area contributed by atoms with Gasteiger partial charge >= 0.3 is 0 Å². The largest absolute Gasteiger partial charge is 0.352 e. The molecule has 0 aliphatic heterocycles. The Balaban J connectivity index is 1.98. The number of pyridine rings is 1. The van der Waals surface area contributed by atoms with E-state index in [1.54, 1.807) is 0 Å². The maximum absolute atomic E-state index is 12.9. The van der Waals surface area contributed by atoms with E-state index in [9.17, 15) is 9.18 Å². The second-order valence-electron chi connectivity index (χ2n) is 5.09. The van der Waals surface area contributed by atoms with E-state index >= 15 is 0 Å². The number of amides is 1. The fraction of sp³-hybridized carbons (Fsp3) is 0.500. The minimum Gasteiger partial charge on any atom is -0.352 e. The predicted molar refractivity (Wildman–Crippen MR) is 63.4 cm³/mol. The van der Waals surface area contributed by atoms with E-state index in [0.717, 1.165) is 18.7 Å². The van der Waals surface area contributed by atoms with Crippen LogP contribution in [0.3, 0.4) is 0 Å². The van der Waals surface area contributed by atoms with Crippen LogP contribution in [0.5, 0.6) is 0 Å². The van der Waals surface area contributed by atoms with Crippen LogP contribution in [-0.4, -0.2) is 17.4 Å². The molecule has 1 aliphatic rings. The molecule has 0 saturated heterocycles. The monoisotopic (exact) mass is 256 g/mol. The molecule has 2 rings (SSSR count). The van der Waals surface area contributed by atoms with E-state index in [1.165, 1.54) is 0 Å². The summed E-state index contributed by atoms with van der Waals surface area (Å²) in [6.07, 6.45) is 2.09. The molecule has 0 spiro atoms. The summed E-state index contributed by atoms with van der Waals surface area (Å²) in [6, 6.07) is 1.10. The standard InChI is InChI=1S/C12H14ClFN2O/c1-12(2)4-7(12)5-16-11(17)9-3-8(14)6-15-10(9)13/h3,6-7H,4-5H2,1-2H3,(H,16,17). The number of nitrogens with zero attached hydrogens (tertiary/aromatic N) is 1. The van der Waals surface area contributed by atoms with Crippen LogP contribution in [0, 0.1) is 17.2 Å². The molecule has 17 heavy (non-hydrogen) atoms. The Morgan fingerprint density at radius 3 is 2.94 bits per heavy atom. The van der Waals surface area contributed by atoms with Crippen molar-refractivity contribution in [3.63, 3.8) is 0 Å². The number of halogens is 2. The van der Waals surface area contributed by atoms with Crippen LogP contribution in [0.15, 0.2) is 12.3 Å². The van der Waals surface area contributed by atoms with E-state index in [0.29, 0.717) is 17.9 Å². The zero-order valence-corrected chi connectivity index (χ0v) is 10.5. The highest BCUT2D eigenvalue weighted by molar-refractivity contribution is 6.32. The van der Waals surface area contributed by atoms with Gasteiger partial charge in [0.15, 0.2) is 0 Å². The minimum absolute atomic E-state index is 0.0268. The zero-order chi connectivity index (χ0) is 12.6. The fourth-order valence-electron chi connectivity index (χ4n) is 1.82. The number of hydrogen-bond donors (Lipinski definition) is 1. The topological polar surface area (TPSA) is 42.0 Å². The van der Waals surface area contributed by atoms with Gasteiger partial charge in [-0.1, -0.05) is 25.4 Å². The number of carbonyl (C=O) groups is 1. The molecule has 1 saturated carbocycles. The molecular weight excluding hydrogens is 243 g/mol. The van der Waals surface area contributed by atoms with Crippen molar-refractivity contribution in [1.29, 1.82) is 0 Å². The molecular formula is C12H14ClFN2O. The van der Waals surface area contributed by atoms with Crippen LogP contribution in [0.1, 0.15) is 30.6 Å². The smallest absolute Gasteiger partial charge is 0.254 e. The summed E-state index contributed by atoms with van der Waals surface area (Å²) in [5.74, 6) is -0.442. The lowest BCUT2D eigenvalue weighted by Crippen LogP contribution is -2.27. The van der Waals surface area contributed by atoms with E-state index < -0.39 is 5.82 Å². The first-order chi connectivity index (χ1) is 7.90. The Bertz CT molecular complexity index is 462. The van der Waals surface area contributed by atoms with Gasteiger partial charge in [0.25, 0.3) is 5.91 Å². The molecule has 1 aromatic heterocycles. The molecule has 1 amide bonds. The number of aromatic nitrogens is 1. The third kappa shape index (κ3) is 2.75. The Labute approximate surface area is 104 Å². The Morgan fingerprint density at radius 1 is 1.71 bits per heavy atom. The predicted octanol–water partition coefficient (Wildman–Crippen LogP) is 2.65. The minimum atomic E-state index is -0.564. The molecule has 0 bridgehead atoms. The lowest BCUT2D eigenvalue weighted by molar-refractivity contribution is 0.0950. The Hall–Kier alpha value is -1.16. The second kappa shape index (κ2) is 4.26. The lowest BCUT2D eigenvalue weighted by atomic mass is 10.1. The van der Waals surface area contributed by atoms with Crippen molar-refractivity contribution >= 4 is 17.5 Å². The second-order valence-corrected chi connectivity index (χ2v) is 5.45. The molecule has 0 aromatic carbocycles. The highest BCUT2D eigenvalue weighted by Crippen LogP contribution is 2.50. The molecule has 5 heteroatoms. The highest BCUT2D eigenvalue weighted by Gasteiger charge is 2.45. The molecule has 92 valence electrons. The summed E-state index contributed by atoms with van der Waals surface area (Å²) in [4.78, 5) is 15.4. The number of rotatable bonds is 3. The maximum Gasteiger partial charge on any atom is 0.254 e. The SMILES string of the molecule is CC1(C)CC1CNC(=O)c1cc(F)cnc1Cl. The Morgan fingerprint density at radius 2 is 2.35 bits per heavy atom. The first-order valence-corrected chi connectivity index (χ1v) is 5.87. The molecule has 1 aliphatic carbocycles. The first kappa shape index (κ1) is 12.3. The highest BCUT2D eigenvalue weighted by atomic mass is 35.5. The first-order valence-electron chi connectivity index (χ1n) is 5.49. The van der Waals surface area contributed by atoms with Crippen LogP contribution in [0.25, 0.3) is 0 Å². The van der Waals surface area contributed by atoms with Crippen LogP contribution in [0.2, 0.25) is 5.15 Å². The van der Waals surface area contributed by atoms with Gasteiger partial charge in [0, 0.05) is 6.54 Å². The van der Waals surface area contributed by atoms with E-state index in [1.807, 2.05) is 0 Å². The third-order valence-corrected chi connectivity index (χ3v) is 3.58. The number of carbonyl (C=O) groups excluding carboxylic acids is 1. The van der Waals surface area contributed by atoms with Gasteiger partial charge in [-0.2, -0.15) is 0 Å². The number of nitrogens with one attached hydrogen (secondary N) is 1. The number of hydrogen-bond acceptors (Lipinski definition) is 2. The normalized spacial score (nSPS) is 21.1. The molecule has 1 atom stereocenters. The van der Waals surface area contributed by atoms with Gasteiger partial charge in [-0.3, -0.25) is 4.79 Å². The fourth-order valence-corrected chi connectivity index (χ4v) is 2.01. The molecule has 1 fully saturated rings. The summed E-state index contributed by atoms with van der Waals surface area (Å²) >= 11 is 5.74. The summed E-state index contributed by atoms with van der Waals surface area (Å²) in [5.41, 5.74) is 0.391. The maximum atomic E-state index is 12.9. The van der Waals surface area contributed by atoms with E-state index in [-0.39, 0.29) is 16.6 Å². The van der Waals surface area contributed by atoms with Crippen LogP contribution in [0.4, 0.5) is 4.39 Å². The van der Waals surface area contributed by atoms with Crippen molar-refractivity contribution in [3.05, 3.63) is 28.8 Å². The van der Waals surface area contributed by atoms with Crippen LogP contribution < -0.4 is 5.32 Å². The molecule has 1 N–H and O–H groups in total. The summed E-state index contributed by atoms with van der Waals surface area (Å²) in [7, 11) is 0. The van der Waals surface area contributed by atoms with E-state index in [4.69, 9.17) is 11.6 Å². The van der Waals surface area contributed by atoms with Crippen molar-refractivity contribution in [1.82, 2.24) is 10.3 Å². The average molecular weight is 257 g/mol. The van der Waals surface area contributed by atoms with Gasteiger partial charge in [0.05, 0.1) is 11.8 Å². The van der Waals surface area contributed by atoms with Gasteiger partial charge in [0.1, 0.15) is 11.0 Å². The van der Waals surface area contributed by atoms with Gasteiger partial charge in [0.2, 0.25) is 0 Å². The zero-order valence-electron chi connectivity index (χ0n) is 9.76. The summed E-state index contributed by atoms with van der Waals surface area (Å²) in [5, 5.41) is 2.78. The lowest BCUT2D eigenvalue weighted by Gasteiger charge is -2.07. The Kier molecular flexibility index (Phi) is 3.08. The molecule has 1 unspecified atom stereocenters. The van der Waals surface area contributed by atoms with Crippen molar-refractivity contribution < 1.29 is 9.18 Å². The van der Waals surface area contributed by atoms with Crippen molar-refractivity contribution in [3.8, 4) is 0 Å². The van der Waals surface area contributed by atoms with Gasteiger partial charge < -0.3 is 5.32 Å². The van der Waals surface area contributed by atoms with Gasteiger partial charge in [-0.05, 0) is 23.8 Å². The van der Waals surface area contributed by atoms with Crippen LogP contribution >= 0.6 is 11.6 Å². The third-order valence-electron chi connectivity index (χ3n) is 3.28. The van der Waals surface area contributed by atoms with E-state index in [2.05, 4.69) is 24.1 Å². The van der Waals surface area contributed by atoms with Gasteiger partial charge in [-0.15, -0.1) is 0 Å². The molecule has 1 heterocycles. The van der Waals surface area contributed by atoms with Gasteiger partial charge in [-0.25, -0.2) is 9.37 Å².